The van der Waals surface area contributed by atoms with E-state index in [0.29, 0.717) is 12.3 Å². The van der Waals surface area contributed by atoms with E-state index in [-0.39, 0.29) is 17.9 Å². The smallest absolute Gasteiger partial charge is 0.223 e. The summed E-state index contributed by atoms with van der Waals surface area (Å²) in [5.41, 5.74) is 3.53. The van der Waals surface area contributed by atoms with Crippen LogP contribution in [0.25, 0.3) is 0 Å². The molecule has 0 aromatic heterocycles. The van der Waals surface area contributed by atoms with Gasteiger partial charge in [-0.05, 0) is 24.0 Å². The molecule has 0 bridgehead atoms. The van der Waals surface area contributed by atoms with Crippen molar-refractivity contribution in [2.75, 3.05) is 12.4 Å². The van der Waals surface area contributed by atoms with Crippen molar-refractivity contribution in [1.29, 1.82) is 0 Å². The molecule has 1 aliphatic heterocycles. The normalized spacial score (nSPS) is 19.5. The quantitative estimate of drug-likeness (QED) is 0.776. The van der Waals surface area contributed by atoms with Crippen LogP contribution < -0.4 is 0 Å². The molecule has 1 aliphatic rings. The largest absolute Gasteiger partial charge is 0.331 e. The zero-order valence-corrected chi connectivity index (χ0v) is 13.5. The van der Waals surface area contributed by atoms with E-state index in [1.165, 1.54) is 5.56 Å². The van der Waals surface area contributed by atoms with E-state index in [1.54, 1.807) is 0 Å². The molecule has 22 heavy (non-hydrogen) atoms. The Morgan fingerprint density at radius 3 is 2.32 bits per heavy atom. The van der Waals surface area contributed by atoms with Crippen molar-refractivity contribution in [2.24, 2.45) is 5.92 Å². The van der Waals surface area contributed by atoms with E-state index < -0.39 is 0 Å². The summed E-state index contributed by atoms with van der Waals surface area (Å²) in [7, 11) is 0. The van der Waals surface area contributed by atoms with E-state index in [1.807, 2.05) is 23.1 Å². The van der Waals surface area contributed by atoms with Crippen LogP contribution >= 0.6 is 11.6 Å². The predicted octanol–water partition coefficient (Wildman–Crippen LogP) is 4.17. The summed E-state index contributed by atoms with van der Waals surface area (Å²) in [6, 6.07) is 18.6. The number of carbonyl (C=O) groups excluding carboxylic acids is 1. The number of hydrogen-bond acceptors (Lipinski definition) is 1. The maximum atomic E-state index is 12.5. The van der Waals surface area contributed by atoms with Gasteiger partial charge in [0.2, 0.25) is 5.91 Å². The number of rotatable bonds is 4. The van der Waals surface area contributed by atoms with Crippen LogP contribution in [-0.2, 0) is 4.79 Å². The highest BCUT2D eigenvalue weighted by molar-refractivity contribution is 6.18. The van der Waals surface area contributed by atoms with E-state index in [9.17, 15) is 4.79 Å². The molecule has 1 fully saturated rings. The van der Waals surface area contributed by atoms with E-state index in [4.69, 9.17) is 11.6 Å². The molecule has 1 saturated heterocycles. The topological polar surface area (TPSA) is 20.3 Å². The molecule has 3 heteroatoms. The Hall–Kier alpha value is -1.80. The van der Waals surface area contributed by atoms with Crippen molar-refractivity contribution in [3.63, 3.8) is 0 Å². The molecule has 2 nitrogen and oxygen atoms in total. The van der Waals surface area contributed by atoms with Crippen LogP contribution in [0.3, 0.4) is 0 Å². The highest BCUT2D eigenvalue weighted by atomic mass is 35.5. The number of hydrogen-bond donors (Lipinski definition) is 0. The summed E-state index contributed by atoms with van der Waals surface area (Å²) in [6.07, 6.45) is 0.554. The Morgan fingerprint density at radius 1 is 1.09 bits per heavy atom. The fourth-order valence-electron chi connectivity index (χ4n) is 3.10. The lowest BCUT2D eigenvalue weighted by molar-refractivity contribution is -0.129. The monoisotopic (exact) mass is 313 g/mol. The number of alkyl halides is 1. The second-order valence-corrected chi connectivity index (χ2v) is 6.30. The number of amides is 1. The first-order valence-electron chi connectivity index (χ1n) is 7.66. The fraction of sp³-hybridized carbons (Fsp3) is 0.316. The summed E-state index contributed by atoms with van der Waals surface area (Å²) in [5.74, 6) is 0.989. The SMILES string of the molecule is Cc1ccc(C(c2ccccc2)N2CC(CCl)CC2=O)cc1. The second kappa shape index (κ2) is 6.53. The summed E-state index contributed by atoms with van der Waals surface area (Å²) < 4.78 is 0. The van der Waals surface area contributed by atoms with Gasteiger partial charge in [0.05, 0.1) is 6.04 Å². The molecule has 2 atom stereocenters. The molecule has 1 heterocycles. The zero-order valence-electron chi connectivity index (χ0n) is 12.7. The van der Waals surface area contributed by atoms with Crippen LogP contribution in [0.15, 0.2) is 54.6 Å². The van der Waals surface area contributed by atoms with Gasteiger partial charge in [0.25, 0.3) is 0 Å². The van der Waals surface area contributed by atoms with Crippen molar-refractivity contribution in [3.8, 4) is 0 Å². The molecule has 2 unspecified atom stereocenters. The van der Waals surface area contributed by atoms with Gasteiger partial charge < -0.3 is 4.90 Å². The summed E-state index contributed by atoms with van der Waals surface area (Å²) in [5, 5.41) is 0. The average molecular weight is 314 g/mol. The molecule has 2 aromatic carbocycles. The molecule has 1 amide bonds. The van der Waals surface area contributed by atoms with Gasteiger partial charge in [-0.25, -0.2) is 0 Å². The van der Waals surface area contributed by atoms with Crippen molar-refractivity contribution >= 4 is 17.5 Å². The molecule has 2 aromatic rings. The molecule has 0 aliphatic carbocycles. The molecule has 3 rings (SSSR count). The zero-order chi connectivity index (χ0) is 15.5. The minimum atomic E-state index is -0.0254. The first-order valence-corrected chi connectivity index (χ1v) is 8.19. The van der Waals surface area contributed by atoms with Crippen molar-refractivity contribution in [3.05, 3.63) is 71.3 Å². The first kappa shape index (κ1) is 15.1. The predicted molar refractivity (Wildman–Crippen MR) is 90.0 cm³/mol. The third-order valence-corrected chi connectivity index (χ3v) is 4.71. The lowest BCUT2D eigenvalue weighted by Gasteiger charge is -2.29. The molecular formula is C19H20ClNO. The molecule has 114 valence electrons. The molecule has 0 N–H and O–H groups in total. The number of benzene rings is 2. The summed E-state index contributed by atoms with van der Waals surface area (Å²) >= 11 is 5.98. The van der Waals surface area contributed by atoms with Gasteiger partial charge in [0.15, 0.2) is 0 Å². The molecule has 0 spiro atoms. The maximum absolute atomic E-state index is 12.5. The van der Waals surface area contributed by atoms with Gasteiger partial charge in [0.1, 0.15) is 0 Å². The van der Waals surface area contributed by atoms with Crippen LogP contribution in [-0.4, -0.2) is 23.2 Å². The second-order valence-electron chi connectivity index (χ2n) is 5.99. The molecule has 0 saturated carbocycles. The number of likely N-dealkylation sites (tertiary alicyclic amines) is 1. The van der Waals surface area contributed by atoms with Crippen LogP contribution in [0.2, 0.25) is 0 Å². The van der Waals surface area contributed by atoms with Gasteiger partial charge in [-0.2, -0.15) is 0 Å². The minimum Gasteiger partial charge on any atom is -0.331 e. The highest BCUT2D eigenvalue weighted by Crippen LogP contribution is 2.34. The van der Waals surface area contributed by atoms with Crippen molar-refractivity contribution in [1.82, 2.24) is 4.90 Å². The van der Waals surface area contributed by atoms with Gasteiger partial charge in [0, 0.05) is 18.8 Å². The van der Waals surface area contributed by atoms with E-state index in [0.717, 1.165) is 17.7 Å². The van der Waals surface area contributed by atoms with E-state index >= 15 is 0 Å². The van der Waals surface area contributed by atoms with Gasteiger partial charge in [-0.15, -0.1) is 11.6 Å². The Bertz CT molecular complexity index is 638. The van der Waals surface area contributed by atoms with Crippen LogP contribution in [0.5, 0.6) is 0 Å². The standard InChI is InChI=1S/C19H20ClNO/c1-14-7-9-17(10-8-14)19(16-5-3-2-4-6-16)21-13-15(12-20)11-18(21)22/h2-10,15,19H,11-13H2,1H3. The lowest BCUT2D eigenvalue weighted by atomic mass is 9.96. The van der Waals surface area contributed by atoms with Crippen LogP contribution in [0.1, 0.15) is 29.2 Å². The van der Waals surface area contributed by atoms with Crippen molar-refractivity contribution in [2.45, 2.75) is 19.4 Å². The maximum Gasteiger partial charge on any atom is 0.223 e. The van der Waals surface area contributed by atoms with E-state index in [2.05, 4.69) is 43.3 Å². The Balaban J connectivity index is 2.00. The first-order chi connectivity index (χ1) is 10.7. The number of nitrogens with zero attached hydrogens (tertiary/aromatic N) is 1. The number of carbonyl (C=O) groups is 1. The third-order valence-electron chi connectivity index (χ3n) is 4.28. The fourth-order valence-corrected chi connectivity index (χ4v) is 3.30. The van der Waals surface area contributed by atoms with Crippen LogP contribution in [0, 0.1) is 12.8 Å². The van der Waals surface area contributed by atoms with Crippen LogP contribution in [0.4, 0.5) is 0 Å². The Morgan fingerprint density at radius 2 is 1.73 bits per heavy atom. The third kappa shape index (κ3) is 3.02. The number of aryl methyl sites for hydroxylation is 1. The Kier molecular flexibility index (Phi) is 4.49. The number of halogens is 1. The van der Waals surface area contributed by atoms with Gasteiger partial charge >= 0.3 is 0 Å². The van der Waals surface area contributed by atoms with Gasteiger partial charge in [-0.1, -0.05) is 60.2 Å². The lowest BCUT2D eigenvalue weighted by Crippen LogP contribution is -2.31. The summed E-state index contributed by atoms with van der Waals surface area (Å²) in [4.78, 5) is 14.4. The van der Waals surface area contributed by atoms with Crippen molar-refractivity contribution < 1.29 is 4.79 Å². The average Bonchev–Trinajstić information content (AvgIpc) is 2.92. The Labute approximate surface area is 136 Å². The minimum absolute atomic E-state index is 0.0254. The summed E-state index contributed by atoms with van der Waals surface area (Å²) in [6.45, 7) is 2.81. The molecular weight excluding hydrogens is 294 g/mol. The highest BCUT2D eigenvalue weighted by Gasteiger charge is 2.35. The molecule has 0 radical (unpaired) electrons. The van der Waals surface area contributed by atoms with Gasteiger partial charge in [-0.3, -0.25) is 4.79 Å².